The van der Waals surface area contributed by atoms with Crippen LogP contribution in [-0.2, 0) is 19.2 Å². The lowest BCUT2D eigenvalue weighted by Gasteiger charge is -2.50. The van der Waals surface area contributed by atoms with Crippen molar-refractivity contribution in [1.29, 1.82) is 0 Å². The van der Waals surface area contributed by atoms with Gasteiger partial charge >= 0.3 is 0 Å². The Morgan fingerprint density at radius 1 is 0.860 bits per heavy atom. The highest BCUT2D eigenvalue weighted by molar-refractivity contribution is 6.58. The number of phenols is 1. The number of benzene rings is 3. The normalized spacial score (nSPS) is 28.8. The number of hydrogen-bond acceptors (Lipinski definition) is 6. The molecule has 0 unspecified atom stereocenters. The number of halogens is 7. The summed E-state index contributed by atoms with van der Waals surface area (Å²) in [5, 5.41) is 11.3. The molecule has 0 spiro atoms. The van der Waals surface area contributed by atoms with Crippen molar-refractivity contribution in [3.05, 3.63) is 101 Å². The zero-order chi connectivity index (χ0) is 36.2. The van der Waals surface area contributed by atoms with Gasteiger partial charge in [0, 0.05) is 11.5 Å². The molecule has 4 amide bonds. The van der Waals surface area contributed by atoms with Crippen molar-refractivity contribution < 1.29 is 51.0 Å². The molecule has 4 aliphatic rings. The number of phenolic OH excluding ortho intramolecular Hbond substituents is 1. The van der Waals surface area contributed by atoms with Crippen molar-refractivity contribution >= 4 is 64.3 Å². The van der Waals surface area contributed by atoms with Gasteiger partial charge in [-0.1, -0.05) is 48.6 Å². The summed E-state index contributed by atoms with van der Waals surface area (Å²) < 4.78 is 78.5. The summed E-state index contributed by atoms with van der Waals surface area (Å²) in [7, 11) is 1.23. The molecule has 6 atom stereocenters. The second-order valence-electron chi connectivity index (χ2n) is 12.4. The van der Waals surface area contributed by atoms with Gasteiger partial charge in [0.2, 0.25) is 17.6 Å². The van der Waals surface area contributed by atoms with Crippen LogP contribution in [0.4, 0.5) is 33.3 Å². The number of methoxy groups -OCH3 is 1. The van der Waals surface area contributed by atoms with E-state index in [9.17, 15) is 37.5 Å². The van der Waals surface area contributed by atoms with E-state index in [1.54, 1.807) is 30.3 Å². The predicted molar refractivity (Wildman–Crippen MR) is 170 cm³/mol. The number of carbonyl (C=O) groups excluding carboxylic acids is 4. The average molecular weight is 733 g/mol. The third kappa shape index (κ3) is 4.16. The molecular weight excluding hydrogens is 710 g/mol. The summed E-state index contributed by atoms with van der Waals surface area (Å²) in [5.41, 5.74) is -0.904. The first-order chi connectivity index (χ1) is 23.6. The highest BCUT2D eigenvalue weighted by atomic mass is 35.5. The first-order valence-corrected chi connectivity index (χ1v) is 15.9. The van der Waals surface area contributed by atoms with Gasteiger partial charge in [0.05, 0.1) is 24.6 Å². The van der Waals surface area contributed by atoms with Crippen LogP contribution in [0, 0.1) is 46.8 Å². The minimum atomic E-state index is -2.78. The van der Waals surface area contributed by atoms with Crippen LogP contribution in [0.25, 0.3) is 6.08 Å². The van der Waals surface area contributed by atoms with Gasteiger partial charge in [-0.25, -0.2) is 26.9 Å². The van der Waals surface area contributed by atoms with Gasteiger partial charge in [0.15, 0.2) is 44.5 Å². The average Bonchev–Trinajstić information content (AvgIpc) is 3.45. The maximum atomic E-state index is 15.2. The van der Waals surface area contributed by atoms with Gasteiger partial charge < -0.3 is 9.84 Å². The summed E-state index contributed by atoms with van der Waals surface area (Å²) in [6, 6.07) is 10.5. The summed E-state index contributed by atoms with van der Waals surface area (Å²) in [6.07, 6.45) is 2.36. The number of alkyl halides is 2. The molecule has 2 heterocycles. The minimum absolute atomic E-state index is 0.0602. The van der Waals surface area contributed by atoms with Crippen molar-refractivity contribution in [3.63, 3.8) is 0 Å². The molecule has 3 aromatic carbocycles. The van der Waals surface area contributed by atoms with Gasteiger partial charge in [-0.15, -0.1) is 23.2 Å². The molecule has 50 heavy (non-hydrogen) atoms. The lowest BCUT2D eigenvalue weighted by molar-refractivity contribution is -0.125. The molecule has 2 saturated heterocycles. The Bertz CT molecular complexity index is 2080. The molecule has 2 aliphatic heterocycles. The number of carbonyl (C=O) groups is 4. The molecule has 15 heteroatoms. The van der Waals surface area contributed by atoms with E-state index in [-0.39, 0.29) is 33.9 Å². The highest BCUT2D eigenvalue weighted by Crippen LogP contribution is 2.67. The van der Waals surface area contributed by atoms with E-state index < -0.39 is 104 Å². The van der Waals surface area contributed by atoms with Crippen LogP contribution in [-0.4, -0.2) is 45.6 Å². The Balaban J connectivity index is 1.44. The number of fused-ring (bicyclic) bond motifs is 4. The number of imide groups is 2. The Hall–Kier alpha value is -4.75. The number of hydrogen-bond donors (Lipinski definition) is 1. The van der Waals surface area contributed by atoms with Crippen molar-refractivity contribution in [2.24, 2.45) is 17.8 Å². The fourth-order valence-electron chi connectivity index (χ4n) is 7.86. The van der Waals surface area contributed by atoms with Crippen molar-refractivity contribution in [1.82, 2.24) is 0 Å². The van der Waals surface area contributed by atoms with E-state index in [1.165, 1.54) is 31.4 Å². The molecule has 2 aliphatic carbocycles. The standard InChI is InChI=1S/C35H23Cl2F5N2O6/c1-3-14-7-9-15(10-8-14)43-30(46)17-12-11-16-19(21(17)31(43)47)13-34(36)32(48)44(28-26(41)24(39)23(38)25(40)27(28)42)33(49)35(34,37)22(16)18-5-4-6-20(50-2)29(18)45/h3-11,17,19,21-22,45H,1,12-13H2,2H3/t17-,19+,21-,22+,34+,35-/m0/s1. The zero-order valence-corrected chi connectivity index (χ0v) is 27.2. The highest BCUT2D eigenvalue weighted by Gasteiger charge is 2.77. The first-order valence-electron chi connectivity index (χ1n) is 15.1. The smallest absolute Gasteiger partial charge is 0.258 e. The number of aromatic hydroxyl groups is 1. The van der Waals surface area contributed by atoms with Gasteiger partial charge in [0.1, 0.15) is 5.69 Å². The van der Waals surface area contributed by atoms with Gasteiger partial charge in [-0.3, -0.25) is 24.1 Å². The first kappa shape index (κ1) is 33.7. The van der Waals surface area contributed by atoms with Crippen molar-refractivity contribution in [2.75, 3.05) is 16.9 Å². The third-order valence-corrected chi connectivity index (χ3v) is 11.6. The topological polar surface area (TPSA) is 104 Å². The summed E-state index contributed by atoms with van der Waals surface area (Å²) in [4.78, 5) is 51.9. The third-order valence-electron chi connectivity index (χ3n) is 10.2. The Morgan fingerprint density at radius 3 is 2.08 bits per heavy atom. The molecule has 0 radical (unpaired) electrons. The maximum absolute atomic E-state index is 15.2. The molecule has 3 fully saturated rings. The molecule has 0 bridgehead atoms. The second-order valence-corrected chi connectivity index (χ2v) is 13.6. The molecule has 7 rings (SSSR count). The van der Waals surface area contributed by atoms with E-state index in [1.807, 2.05) is 0 Å². The number of amides is 4. The molecule has 8 nitrogen and oxygen atoms in total. The Morgan fingerprint density at radius 2 is 1.48 bits per heavy atom. The van der Waals surface area contributed by atoms with E-state index in [4.69, 9.17) is 27.9 Å². The molecule has 3 aromatic rings. The second kappa shape index (κ2) is 11.4. The lowest BCUT2D eigenvalue weighted by atomic mass is 9.56. The molecule has 0 aromatic heterocycles. The molecule has 258 valence electrons. The molecular formula is C35H23Cl2F5N2O6. The quantitative estimate of drug-likeness (QED) is 0.0802. The van der Waals surface area contributed by atoms with Crippen molar-refractivity contribution in [2.45, 2.75) is 28.5 Å². The number of ether oxygens (including phenoxy) is 1. The van der Waals surface area contributed by atoms with E-state index in [2.05, 4.69) is 6.58 Å². The number of allylic oxidation sites excluding steroid dienone is 2. The number of rotatable bonds is 5. The Kier molecular flexibility index (Phi) is 7.68. The molecule has 1 N–H and O–H groups in total. The van der Waals surface area contributed by atoms with Crippen LogP contribution < -0.4 is 14.5 Å². The van der Waals surface area contributed by atoms with Crippen molar-refractivity contribution in [3.8, 4) is 11.5 Å². The van der Waals surface area contributed by atoms with Gasteiger partial charge in [-0.2, -0.15) is 0 Å². The number of anilines is 2. The van der Waals surface area contributed by atoms with Crippen LogP contribution in [0.1, 0.15) is 29.9 Å². The maximum Gasteiger partial charge on any atom is 0.258 e. The minimum Gasteiger partial charge on any atom is -0.504 e. The molecule has 1 saturated carbocycles. The summed E-state index contributed by atoms with van der Waals surface area (Å²) in [6.45, 7) is 3.68. The number of para-hydroxylation sites is 1. The number of nitrogens with zero attached hydrogens (tertiary/aromatic N) is 2. The van der Waals surface area contributed by atoms with Crippen LogP contribution in [0.2, 0.25) is 0 Å². The fourth-order valence-corrected chi connectivity index (χ4v) is 8.79. The van der Waals surface area contributed by atoms with Crippen LogP contribution in [0.5, 0.6) is 11.5 Å². The fraction of sp³-hybridized carbons (Fsp3) is 0.257. The monoisotopic (exact) mass is 732 g/mol. The van der Waals surface area contributed by atoms with Crippen LogP contribution in [0.3, 0.4) is 0 Å². The van der Waals surface area contributed by atoms with E-state index in [0.29, 0.717) is 5.56 Å². The lowest BCUT2D eigenvalue weighted by Crippen LogP contribution is -2.60. The predicted octanol–water partition coefficient (Wildman–Crippen LogP) is 6.51. The van der Waals surface area contributed by atoms with E-state index in [0.717, 1.165) is 4.90 Å². The van der Waals surface area contributed by atoms with E-state index >= 15 is 8.78 Å². The zero-order valence-electron chi connectivity index (χ0n) is 25.7. The largest absolute Gasteiger partial charge is 0.504 e. The SMILES string of the molecule is C=Cc1ccc(N2C(=O)[C@H]3[C@H](CC=C4[C@H]3C[C@@]3(Cl)C(=O)N(c5c(F)c(F)c(F)c(F)c5F)C(=O)[C@@]3(Cl)[C@H]4c3cccc(OC)c3O)C2=O)cc1. The van der Waals surface area contributed by atoms with Crippen LogP contribution in [0.15, 0.2) is 60.7 Å². The summed E-state index contributed by atoms with van der Waals surface area (Å²) in [5.74, 6) is -22.5. The van der Waals surface area contributed by atoms with Gasteiger partial charge in [0.25, 0.3) is 11.8 Å². The Labute approximate surface area is 290 Å². The summed E-state index contributed by atoms with van der Waals surface area (Å²) >= 11 is 14.2. The van der Waals surface area contributed by atoms with Gasteiger partial charge in [-0.05, 0) is 42.5 Å². The van der Waals surface area contributed by atoms with Crippen LogP contribution >= 0.6 is 23.2 Å².